The Morgan fingerprint density at radius 1 is 1.21 bits per heavy atom. The first-order valence-corrected chi connectivity index (χ1v) is 7.20. The Labute approximate surface area is 115 Å². The third-order valence-electron chi connectivity index (χ3n) is 3.93. The molecule has 97 valence electrons. The van der Waals surface area contributed by atoms with Gasteiger partial charge >= 0.3 is 0 Å². The molecule has 0 spiro atoms. The number of aromatic nitrogens is 1. The fraction of sp³-hybridized carbons (Fsp3) is 0.333. The summed E-state index contributed by atoms with van der Waals surface area (Å²) in [7, 11) is 0. The number of hydrogen-bond donors (Lipinski definition) is 0. The summed E-state index contributed by atoms with van der Waals surface area (Å²) in [5.74, 6) is 0. The van der Waals surface area contributed by atoms with Gasteiger partial charge in [-0.2, -0.15) is 0 Å². The molecule has 0 amide bonds. The molecule has 0 saturated heterocycles. The fourth-order valence-electron chi connectivity index (χ4n) is 2.81. The van der Waals surface area contributed by atoms with E-state index in [4.69, 9.17) is 0 Å². The van der Waals surface area contributed by atoms with E-state index >= 15 is 0 Å². The summed E-state index contributed by atoms with van der Waals surface area (Å²) in [6.45, 7) is 4.30. The van der Waals surface area contributed by atoms with Crippen molar-refractivity contribution in [2.45, 2.75) is 39.5 Å². The molecule has 1 nitrogen and oxygen atoms in total. The molecule has 19 heavy (non-hydrogen) atoms. The van der Waals surface area contributed by atoms with Crippen LogP contribution >= 0.6 is 0 Å². The lowest BCUT2D eigenvalue weighted by Crippen LogP contribution is -2.05. The summed E-state index contributed by atoms with van der Waals surface area (Å²) in [4.78, 5) is 4.62. The molecular weight excluding hydrogens is 230 g/mol. The fourth-order valence-corrected chi connectivity index (χ4v) is 2.81. The second kappa shape index (κ2) is 5.16. The average molecular weight is 250 g/mol. The molecule has 1 radical (unpaired) electrons. The Morgan fingerprint density at radius 2 is 2.11 bits per heavy atom. The van der Waals surface area contributed by atoms with Crippen LogP contribution in [0.5, 0.6) is 0 Å². The second-order valence-corrected chi connectivity index (χ2v) is 5.38. The first kappa shape index (κ1) is 12.4. The Kier molecular flexibility index (Phi) is 3.37. The molecule has 0 unspecified atom stereocenters. The van der Waals surface area contributed by atoms with Crippen LogP contribution in [0.2, 0.25) is 0 Å². The van der Waals surface area contributed by atoms with Crippen LogP contribution in [0.4, 0.5) is 0 Å². The molecule has 0 atom stereocenters. The highest BCUT2D eigenvalue weighted by Gasteiger charge is 2.16. The zero-order valence-corrected chi connectivity index (χ0v) is 11.7. The van der Waals surface area contributed by atoms with Crippen molar-refractivity contribution in [3.63, 3.8) is 0 Å². The highest BCUT2D eigenvalue weighted by molar-refractivity contribution is 5.68. The van der Waals surface area contributed by atoms with Crippen molar-refractivity contribution in [2.24, 2.45) is 0 Å². The number of hydrogen-bond acceptors (Lipinski definition) is 1. The van der Waals surface area contributed by atoms with Gasteiger partial charge in [-0.15, -0.1) is 0 Å². The van der Waals surface area contributed by atoms with Gasteiger partial charge in [0.1, 0.15) is 0 Å². The molecule has 1 aliphatic rings. The van der Waals surface area contributed by atoms with E-state index in [0.717, 1.165) is 12.1 Å². The molecule has 1 heterocycles. The number of pyridine rings is 1. The third-order valence-corrected chi connectivity index (χ3v) is 3.93. The summed E-state index contributed by atoms with van der Waals surface area (Å²) < 4.78 is 0. The largest absolute Gasteiger partial charge is 0.256 e. The van der Waals surface area contributed by atoms with Gasteiger partial charge in [0.25, 0.3) is 0 Å². The van der Waals surface area contributed by atoms with Gasteiger partial charge in [-0.3, -0.25) is 4.98 Å². The highest BCUT2D eigenvalue weighted by Crippen LogP contribution is 2.33. The number of nitrogens with zero attached hydrogens (tertiary/aromatic N) is 1. The lowest BCUT2D eigenvalue weighted by molar-refractivity contribution is 0.774. The van der Waals surface area contributed by atoms with Gasteiger partial charge in [-0.05, 0) is 73.4 Å². The van der Waals surface area contributed by atoms with Gasteiger partial charge in [-0.25, -0.2) is 0 Å². The summed E-state index contributed by atoms with van der Waals surface area (Å²) in [6.07, 6.45) is 9.08. The highest BCUT2D eigenvalue weighted by atomic mass is 14.7. The molecule has 2 aromatic rings. The maximum Gasteiger partial charge on any atom is 0.0705 e. The topological polar surface area (TPSA) is 12.9 Å². The molecule has 0 bridgehead atoms. The quantitative estimate of drug-likeness (QED) is 0.764. The Bertz CT molecular complexity index is 581. The van der Waals surface area contributed by atoms with Gasteiger partial charge in [0.2, 0.25) is 0 Å². The molecule has 0 N–H and O–H groups in total. The van der Waals surface area contributed by atoms with Gasteiger partial charge in [-0.1, -0.05) is 19.1 Å². The minimum Gasteiger partial charge on any atom is -0.256 e. The summed E-state index contributed by atoms with van der Waals surface area (Å²) >= 11 is 0. The van der Waals surface area contributed by atoms with Crippen LogP contribution in [0.3, 0.4) is 0 Å². The predicted octanol–water partition coefficient (Wildman–Crippen LogP) is 4.51. The summed E-state index contributed by atoms with van der Waals surface area (Å²) in [6, 6.07) is 8.99. The van der Waals surface area contributed by atoms with Gasteiger partial charge in [0.05, 0.1) is 5.69 Å². The van der Waals surface area contributed by atoms with Crippen molar-refractivity contribution >= 4 is 0 Å². The van der Waals surface area contributed by atoms with Gasteiger partial charge in [0, 0.05) is 11.8 Å². The third kappa shape index (κ3) is 2.42. The maximum atomic E-state index is 4.62. The van der Waals surface area contributed by atoms with Gasteiger partial charge < -0.3 is 0 Å². The van der Waals surface area contributed by atoms with Crippen molar-refractivity contribution < 1.29 is 0 Å². The van der Waals surface area contributed by atoms with E-state index in [1.807, 2.05) is 6.20 Å². The first-order valence-electron chi connectivity index (χ1n) is 7.20. The van der Waals surface area contributed by atoms with Crippen LogP contribution in [-0.2, 0) is 12.8 Å². The van der Waals surface area contributed by atoms with Crippen LogP contribution in [-0.4, -0.2) is 4.98 Å². The zero-order valence-electron chi connectivity index (χ0n) is 11.7. The SMILES string of the molecule is CCc1cc2c(c(-c3ccc(C)cn3)c1)CCC[CH]2. The minimum atomic E-state index is 1.08. The molecule has 0 fully saturated rings. The molecular formula is C18H20N. The van der Waals surface area contributed by atoms with Crippen molar-refractivity contribution in [2.75, 3.05) is 0 Å². The lowest BCUT2D eigenvalue weighted by Gasteiger charge is -2.20. The van der Waals surface area contributed by atoms with E-state index in [9.17, 15) is 0 Å². The van der Waals surface area contributed by atoms with Crippen LogP contribution in [0.1, 0.15) is 42.0 Å². The molecule has 1 aromatic carbocycles. The second-order valence-electron chi connectivity index (χ2n) is 5.38. The average Bonchev–Trinajstić information content (AvgIpc) is 2.47. The number of rotatable bonds is 2. The Hall–Kier alpha value is -1.63. The van der Waals surface area contributed by atoms with E-state index in [0.29, 0.717) is 0 Å². The number of aryl methyl sites for hydroxylation is 2. The first-order chi connectivity index (χ1) is 9.28. The van der Waals surface area contributed by atoms with E-state index in [1.54, 1.807) is 0 Å². The molecule has 1 aromatic heterocycles. The van der Waals surface area contributed by atoms with Crippen molar-refractivity contribution in [1.29, 1.82) is 0 Å². The van der Waals surface area contributed by atoms with Crippen LogP contribution in [0.25, 0.3) is 11.3 Å². The maximum absolute atomic E-state index is 4.62. The van der Waals surface area contributed by atoms with Crippen LogP contribution in [0, 0.1) is 13.3 Å². The summed E-state index contributed by atoms with van der Waals surface area (Å²) in [5, 5.41) is 0. The summed E-state index contributed by atoms with van der Waals surface area (Å²) in [5.41, 5.74) is 8.01. The molecule has 0 aliphatic heterocycles. The molecule has 1 aliphatic carbocycles. The molecule has 0 saturated carbocycles. The van der Waals surface area contributed by atoms with Gasteiger partial charge in [0.15, 0.2) is 0 Å². The van der Waals surface area contributed by atoms with Crippen molar-refractivity contribution in [3.8, 4) is 11.3 Å². The van der Waals surface area contributed by atoms with Crippen molar-refractivity contribution in [1.82, 2.24) is 4.98 Å². The van der Waals surface area contributed by atoms with Crippen LogP contribution < -0.4 is 0 Å². The normalized spacial score (nSPS) is 14.2. The minimum absolute atomic E-state index is 1.08. The van der Waals surface area contributed by atoms with E-state index in [-0.39, 0.29) is 0 Å². The standard InChI is InChI=1S/C18H20N/c1-3-14-10-15-6-4-5-7-16(15)17(11-14)18-9-8-13(2)12-19-18/h6,8-12H,3-5,7H2,1-2H3. The molecule has 3 rings (SSSR count). The van der Waals surface area contributed by atoms with Crippen LogP contribution in [0.15, 0.2) is 30.5 Å². The Balaban J connectivity index is 2.15. The van der Waals surface area contributed by atoms with Crippen molar-refractivity contribution in [3.05, 3.63) is 59.1 Å². The van der Waals surface area contributed by atoms with E-state index < -0.39 is 0 Å². The lowest BCUT2D eigenvalue weighted by atomic mass is 9.85. The number of benzene rings is 1. The monoisotopic (exact) mass is 250 g/mol. The zero-order chi connectivity index (χ0) is 13.2. The molecule has 1 heteroatoms. The van der Waals surface area contributed by atoms with E-state index in [2.05, 4.69) is 49.5 Å². The number of fused-ring (bicyclic) bond motifs is 1. The van der Waals surface area contributed by atoms with E-state index in [1.165, 1.54) is 47.1 Å². The predicted molar refractivity (Wildman–Crippen MR) is 80.1 cm³/mol. The Morgan fingerprint density at radius 3 is 2.84 bits per heavy atom. The smallest absolute Gasteiger partial charge is 0.0705 e.